The summed E-state index contributed by atoms with van der Waals surface area (Å²) in [5, 5.41) is 18.1. The number of nitrogens with two attached hydrogens (primary N) is 1. The van der Waals surface area contributed by atoms with Gasteiger partial charge in [-0.2, -0.15) is 5.10 Å². The number of hydrazone groups is 1. The summed E-state index contributed by atoms with van der Waals surface area (Å²) in [6.07, 6.45) is 6.52. The molecule has 8 heteroatoms. The van der Waals surface area contributed by atoms with Crippen LogP contribution in [0.4, 0.5) is 0 Å². The molecule has 1 aliphatic heterocycles. The maximum Gasteiger partial charge on any atom is 0.253 e. The molecule has 3 aromatic carbocycles. The van der Waals surface area contributed by atoms with Crippen molar-refractivity contribution in [2.75, 3.05) is 11.6 Å². The van der Waals surface area contributed by atoms with Crippen LogP contribution in [0.25, 0.3) is 10.8 Å². The van der Waals surface area contributed by atoms with Crippen LogP contribution in [-0.2, 0) is 4.79 Å². The quantitative estimate of drug-likeness (QED) is 0.267. The highest BCUT2D eigenvalue weighted by molar-refractivity contribution is 7.99. The van der Waals surface area contributed by atoms with Gasteiger partial charge in [-0.3, -0.25) is 4.79 Å². The van der Waals surface area contributed by atoms with Crippen LogP contribution in [0.3, 0.4) is 0 Å². The zero-order valence-electron chi connectivity index (χ0n) is 20.7. The van der Waals surface area contributed by atoms with Gasteiger partial charge < -0.3 is 5.84 Å². The van der Waals surface area contributed by atoms with Gasteiger partial charge in [-0.15, -0.1) is 10.2 Å². The normalized spacial score (nSPS) is 18.3. The molecule has 0 bridgehead atoms. The molecule has 1 aromatic heterocycles. The van der Waals surface area contributed by atoms with E-state index in [9.17, 15) is 4.79 Å². The number of hydrogen-bond acceptors (Lipinski definition) is 6. The predicted molar refractivity (Wildman–Crippen MR) is 148 cm³/mol. The van der Waals surface area contributed by atoms with Crippen molar-refractivity contribution in [2.24, 2.45) is 5.10 Å². The first kappa shape index (κ1) is 23.7. The third kappa shape index (κ3) is 4.85. The molecule has 1 atom stereocenters. The average molecular weight is 511 g/mol. The number of carbonyl (C=O) groups excluding carboxylic acids is 1. The van der Waals surface area contributed by atoms with Crippen LogP contribution >= 0.6 is 11.8 Å². The topological polar surface area (TPSA) is 89.4 Å². The van der Waals surface area contributed by atoms with Crippen molar-refractivity contribution in [2.45, 2.75) is 55.6 Å². The summed E-state index contributed by atoms with van der Waals surface area (Å²) in [5.74, 6) is 7.66. The van der Waals surface area contributed by atoms with Crippen LogP contribution in [0.15, 0.2) is 83.1 Å². The second-order valence-corrected chi connectivity index (χ2v) is 10.8. The summed E-state index contributed by atoms with van der Waals surface area (Å²) < 4.78 is 1.58. The van der Waals surface area contributed by atoms with E-state index in [1.807, 2.05) is 30.3 Å². The van der Waals surface area contributed by atoms with Gasteiger partial charge >= 0.3 is 0 Å². The Morgan fingerprint density at radius 1 is 0.919 bits per heavy atom. The van der Waals surface area contributed by atoms with E-state index in [0.717, 1.165) is 40.9 Å². The lowest BCUT2D eigenvalue weighted by Gasteiger charge is -2.22. The van der Waals surface area contributed by atoms with Gasteiger partial charge in [-0.25, -0.2) is 9.69 Å². The van der Waals surface area contributed by atoms with E-state index in [2.05, 4.69) is 52.7 Å². The lowest BCUT2D eigenvalue weighted by atomic mass is 9.89. The summed E-state index contributed by atoms with van der Waals surface area (Å²) in [4.78, 5) is 13.5. The summed E-state index contributed by atoms with van der Waals surface area (Å²) in [6.45, 7) is 0. The summed E-state index contributed by atoms with van der Waals surface area (Å²) in [6, 6.07) is 24.6. The molecule has 1 saturated carbocycles. The second-order valence-electron chi connectivity index (χ2n) is 9.81. The molecule has 0 unspecified atom stereocenters. The molecule has 1 fully saturated rings. The lowest BCUT2D eigenvalue weighted by Crippen LogP contribution is -2.29. The molecular weight excluding hydrogens is 480 g/mol. The number of rotatable bonds is 6. The molecule has 1 aliphatic carbocycles. The molecular formula is C29H30N6OS. The minimum Gasteiger partial charge on any atom is -0.336 e. The first-order chi connectivity index (χ1) is 18.2. The van der Waals surface area contributed by atoms with Crippen molar-refractivity contribution < 1.29 is 4.79 Å². The molecule has 6 rings (SSSR count). The SMILES string of the molecule is Nn1c(SCC(=O)N2N=C(c3ccc4ccccc4c3)C[C@H]2c2ccccc2)nnc1C1CCCCC1. The fraction of sp³-hybridized carbons (Fsp3) is 0.310. The summed E-state index contributed by atoms with van der Waals surface area (Å²) >= 11 is 1.33. The van der Waals surface area contributed by atoms with Crippen LogP contribution in [0.1, 0.15) is 67.4 Å². The third-order valence-electron chi connectivity index (χ3n) is 7.42. The van der Waals surface area contributed by atoms with Crippen molar-refractivity contribution in [3.05, 3.63) is 89.7 Å². The third-order valence-corrected chi connectivity index (χ3v) is 8.35. The average Bonchev–Trinajstić information content (AvgIpc) is 3.56. The fourth-order valence-corrected chi connectivity index (χ4v) is 6.15. The van der Waals surface area contributed by atoms with Gasteiger partial charge in [0.2, 0.25) is 5.16 Å². The predicted octanol–water partition coefficient (Wildman–Crippen LogP) is 5.66. The van der Waals surface area contributed by atoms with Crippen LogP contribution < -0.4 is 5.84 Å². The Kier molecular flexibility index (Phi) is 6.66. The van der Waals surface area contributed by atoms with Crippen molar-refractivity contribution >= 4 is 34.2 Å². The highest BCUT2D eigenvalue weighted by Crippen LogP contribution is 2.35. The summed E-state index contributed by atoms with van der Waals surface area (Å²) in [5.41, 5.74) is 3.03. The van der Waals surface area contributed by atoms with Crippen molar-refractivity contribution in [1.82, 2.24) is 19.9 Å². The molecule has 1 amide bonds. The fourth-order valence-electron chi connectivity index (χ4n) is 5.44. The van der Waals surface area contributed by atoms with Crippen molar-refractivity contribution in [3.63, 3.8) is 0 Å². The van der Waals surface area contributed by atoms with Crippen LogP contribution in [0.2, 0.25) is 0 Å². The van der Waals surface area contributed by atoms with Gasteiger partial charge in [-0.1, -0.05) is 97.8 Å². The van der Waals surface area contributed by atoms with E-state index in [1.165, 1.54) is 36.4 Å². The minimum atomic E-state index is -0.149. The Balaban J connectivity index is 1.23. The van der Waals surface area contributed by atoms with E-state index in [4.69, 9.17) is 10.9 Å². The molecule has 37 heavy (non-hydrogen) atoms. The Morgan fingerprint density at radius 3 is 2.49 bits per heavy atom. The second kappa shape index (κ2) is 10.4. The van der Waals surface area contributed by atoms with Gasteiger partial charge in [-0.05, 0) is 40.8 Å². The van der Waals surface area contributed by atoms with Gasteiger partial charge in [0.25, 0.3) is 5.91 Å². The Labute approximate surface area is 220 Å². The molecule has 2 heterocycles. The van der Waals surface area contributed by atoms with Crippen LogP contribution in [0, 0.1) is 0 Å². The van der Waals surface area contributed by atoms with Gasteiger partial charge in [0.1, 0.15) is 0 Å². The molecule has 188 valence electrons. The monoisotopic (exact) mass is 510 g/mol. The van der Waals surface area contributed by atoms with E-state index >= 15 is 0 Å². The molecule has 0 saturated heterocycles. The van der Waals surface area contributed by atoms with E-state index < -0.39 is 0 Å². The number of hydrogen-bond donors (Lipinski definition) is 1. The maximum absolute atomic E-state index is 13.5. The van der Waals surface area contributed by atoms with E-state index in [1.54, 1.807) is 9.69 Å². The van der Waals surface area contributed by atoms with Crippen LogP contribution in [-0.4, -0.2) is 37.3 Å². The first-order valence-corrected chi connectivity index (χ1v) is 13.9. The molecule has 2 N–H and O–H groups in total. The zero-order valence-corrected chi connectivity index (χ0v) is 21.5. The number of nitrogens with zero attached hydrogens (tertiary/aromatic N) is 5. The Hall–Kier alpha value is -3.65. The highest BCUT2D eigenvalue weighted by atomic mass is 32.2. The Bertz CT molecular complexity index is 1440. The molecule has 7 nitrogen and oxygen atoms in total. The summed E-state index contributed by atoms with van der Waals surface area (Å²) in [7, 11) is 0. The largest absolute Gasteiger partial charge is 0.336 e. The molecule has 0 radical (unpaired) electrons. The number of benzene rings is 3. The van der Waals surface area contributed by atoms with E-state index in [-0.39, 0.29) is 17.7 Å². The highest BCUT2D eigenvalue weighted by Gasteiger charge is 2.33. The Morgan fingerprint density at radius 2 is 1.68 bits per heavy atom. The number of fused-ring (bicyclic) bond motifs is 1. The number of amides is 1. The molecule has 4 aromatic rings. The smallest absolute Gasteiger partial charge is 0.253 e. The number of nitrogen functional groups attached to an aromatic ring is 1. The van der Waals surface area contributed by atoms with Crippen molar-refractivity contribution in [1.29, 1.82) is 0 Å². The minimum absolute atomic E-state index is 0.0724. The molecule has 2 aliphatic rings. The van der Waals surface area contributed by atoms with Gasteiger partial charge in [0.05, 0.1) is 17.5 Å². The standard InChI is InChI=1S/C29H30N6OS/c30-34-28(22-12-5-2-6-13-22)31-32-29(34)37-19-27(36)35-26(21-10-3-1-4-11-21)18-25(33-35)24-16-15-20-9-7-8-14-23(20)17-24/h1,3-4,7-11,14-17,22,26H,2,5-6,12-13,18-19,30H2/t26-/m0/s1. The van der Waals surface area contributed by atoms with Gasteiger partial charge in [0.15, 0.2) is 5.82 Å². The molecule has 0 spiro atoms. The number of thioether (sulfide) groups is 1. The number of aromatic nitrogens is 3. The number of carbonyl (C=O) groups is 1. The van der Waals surface area contributed by atoms with Gasteiger partial charge in [0, 0.05) is 12.3 Å². The first-order valence-electron chi connectivity index (χ1n) is 12.9. The lowest BCUT2D eigenvalue weighted by molar-refractivity contribution is -0.130. The van der Waals surface area contributed by atoms with Crippen molar-refractivity contribution in [3.8, 4) is 0 Å². The van der Waals surface area contributed by atoms with Crippen LogP contribution in [0.5, 0.6) is 0 Å². The maximum atomic E-state index is 13.5. The zero-order chi connectivity index (χ0) is 25.2. The van der Waals surface area contributed by atoms with E-state index in [0.29, 0.717) is 17.5 Å².